The van der Waals surface area contributed by atoms with Gasteiger partial charge in [0.05, 0.1) is 28.1 Å². The normalized spacial score (nSPS) is 11.8. The molecule has 0 bridgehead atoms. The molecule has 0 saturated carbocycles. The zero-order valence-electron chi connectivity index (χ0n) is 9.68. The van der Waals surface area contributed by atoms with Crippen LogP contribution in [-0.4, -0.2) is 33.3 Å². The summed E-state index contributed by atoms with van der Waals surface area (Å²) in [6.45, 7) is 0. The fourth-order valence-electron chi connectivity index (χ4n) is 1.30. The predicted octanol–water partition coefficient (Wildman–Crippen LogP) is 0.809. The number of nitro groups is 1. The predicted molar refractivity (Wildman–Crippen MR) is 69.5 cm³/mol. The van der Waals surface area contributed by atoms with Gasteiger partial charge in [-0.25, -0.2) is 16.8 Å². The van der Waals surface area contributed by atoms with Gasteiger partial charge >= 0.3 is 0 Å². The summed E-state index contributed by atoms with van der Waals surface area (Å²) in [6, 6.07) is 4.44. The monoisotopic (exact) mass is 338 g/mol. The smallest absolute Gasteiger partial charge is 0.258 e. The molecule has 1 aromatic rings. The van der Waals surface area contributed by atoms with Gasteiger partial charge < -0.3 is 0 Å². The molecular weight excluding hydrogens is 332 g/mol. The lowest BCUT2D eigenvalue weighted by Crippen LogP contribution is -2.15. The van der Waals surface area contributed by atoms with Gasteiger partial charge in [-0.1, -0.05) is 0 Å². The van der Waals surface area contributed by atoms with Crippen molar-refractivity contribution in [1.82, 2.24) is 0 Å². The minimum Gasteiger partial charge on any atom is -0.258 e. The fourth-order valence-corrected chi connectivity index (χ4v) is 4.53. The van der Waals surface area contributed by atoms with Crippen LogP contribution in [0.25, 0.3) is 0 Å². The van der Waals surface area contributed by atoms with E-state index in [1.165, 1.54) is 0 Å². The molecule has 0 aliphatic carbocycles. The van der Waals surface area contributed by atoms with Crippen molar-refractivity contribution >= 4 is 35.3 Å². The van der Waals surface area contributed by atoms with Gasteiger partial charge in [-0.2, -0.15) is 5.26 Å². The van der Waals surface area contributed by atoms with Gasteiger partial charge in [-0.15, -0.1) is 0 Å². The number of nitro benzene ring substituents is 1. The molecule has 8 nitrogen and oxygen atoms in total. The lowest BCUT2D eigenvalue weighted by Gasteiger charge is -2.04. The van der Waals surface area contributed by atoms with Gasteiger partial charge in [0, 0.05) is 16.7 Å². The summed E-state index contributed by atoms with van der Waals surface area (Å²) in [5.41, 5.74) is -0.820. The van der Waals surface area contributed by atoms with Crippen LogP contribution in [0.1, 0.15) is 5.56 Å². The van der Waals surface area contributed by atoms with E-state index in [4.69, 9.17) is 15.9 Å². The lowest BCUT2D eigenvalue weighted by atomic mass is 10.2. The molecule has 0 aliphatic rings. The Bertz CT molecular complexity index is 794. The first kappa shape index (κ1) is 16.4. The Morgan fingerprint density at radius 2 is 1.85 bits per heavy atom. The van der Waals surface area contributed by atoms with Gasteiger partial charge in [0.15, 0.2) is 9.84 Å². The van der Waals surface area contributed by atoms with Gasteiger partial charge in [-0.05, 0) is 12.1 Å². The van der Waals surface area contributed by atoms with E-state index in [1.54, 1.807) is 6.07 Å². The Balaban J connectivity index is 3.36. The van der Waals surface area contributed by atoms with Crippen molar-refractivity contribution in [1.29, 1.82) is 5.26 Å². The highest BCUT2D eigenvalue weighted by Gasteiger charge is 2.27. The van der Waals surface area contributed by atoms with Crippen molar-refractivity contribution in [3.8, 4) is 6.07 Å². The van der Waals surface area contributed by atoms with E-state index in [2.05, 4.69) is 0 Å². The molecule has 0 spiro atoms. The van der Waals surface area contributed by atoms with Crippen molar-refractivity contribution in [2.75, 3.05) is 11.5 Å². The zero-order chi connectivity index (χ0) is 15.6. The SMILES string of the molecule is N#Cc1ccc([N+](=O)[O-])c(S(=O)(=O)CCS(=O)(=O)Cl)c1. The molecule has 0 aliphatic heterocycles. The van der Waals surface area contributed by atoms with Crippen LogP contribution in [0.15, 0.2) is 23.1 Å². The van der Waals surface area contributed by atoms with Gasteiger partial charge in [-0.3, -0.25) is 10.1 Å². The molecule has 0 N–H and O–H groups in total. The topological polar surface area (TPSA) is 135 Å². The maximum atomic E-state index is 11.9. The fraction of sp³-hybridized carbons (Fsp3) is 0.222. The Morgan fingerprint density at radius 3 is 2.30 bits per heavy atom. The van der Waals surface area contributed by atoms with Crippen molar-refractivity contribution in [2.24, 2.45) is 0 Å². The first-order valence-electron chi connectivity index (χ1n) is 4.90. The number of halogens is 1. The minimum absolute atomic E-state index is 0.0945. The molecule has 0 radical (unpaired) electrons. The second-order valence-corrected chi connectivity index (χ2v) is 8.59. The van der Waals surface area contributed by atoms with E-state index < -0.39 is 45.9 Å². The number of nitrogens with zero attached hydrogens (tertiary/aromatic N) is 2. The molecule has 108 valence electrons. The molecule has 0 aromatic heterocycles. The summed E-state index contributed by atoms with van der Waals surface area (Å²) in [5, 5.41) is 19.5. The summed E-state index contributed by atoms with van der Waals surface area (Å²) in [7, 11) is -3.40. The van der Waals surface area contributed by atoms with E-state index in [0.717, 1.165) is 18.2 Å². The molecule has 1 rings (SSSR count). The van der Waals surface area contributed by atoms with Crippen LogP contribution in [0.2, 0.25) is 0 Å². The van der Waals surface area contributed by atoms with Crippen LogP contribution < -0.4 is 0 Å². The number of nitriles is 1. The van der Waals surface area contributed by atoms with Crippen LogP contribution in [0.3, 0.4) is 0 Å². The summed E-state index contributed by atoms with van der Waals surface area (Å²) < 4.78 is 45.4. The van der Waals surface area contributed by atoms with E-state index >= 15 is 0 Å². The first-order chi connectivity index (χ1) is 9.07. The van der Waals surface area contributed by atoms with Crippen molar-refractivity contribution in [2.45, 2.75) is 4.90 Å². The van der Waals surface area contributed by atoms with E-state index in [1.807, 2.05) is 0 Å². The van der Waals surface area contributed by atoms with Crippen LogP contribution in [0.5, 0.6) is 0 Å². The Morgan fingerprint density at radius 1 is 1.25 bits per heavy atom. The first-order valence-corrected chi connectivity index (χ1v) is 9.03. The molecule has 1 aromatic carbocycles. The van der Waals surface area contributed by atoms with Crippen molar-refractivity contribution in [3.05, 3.63) is 33.9 Å². The van der Waals surface area contributed by atoms with E-state index in [9.17, 15) is 26.9 Å². The highest BCUT2D eigenvalue weighted by molar-refractivity contribution is 8.14. The quantitative estimate of drug-likeness (QED) is 0.440. The average Bonchev–Trinajstić information content (AvgIpc) is 2.35. The van der Waals surface area contributed by atoms with E-state index in [0.29, 0.717) is 0 Å². The number of benzene rings is 1. The second-order valence-electron chi connectivity index (χ2n) is 3.61. The Kier molecular flexibility index (Phi) is 4.69. The zero-order valence-corrected chi connectivity index (χ0v) is 12.1. The average molecular weight is 339 g/mol. The molecule has 0 amide bonds. The molecule has 20 heavy (non-hydrogen) atoms. The molecule has 0 fully saturated rings. The summed E-state index contributed by atoms with van der Waals surface area (Å²) in [5.74, 6) is -1.79. The van der Waals surface area contributed by atoms with Gasteiger partial charge in [0.1, 0.15) is 4.90 Å². The van der Waals surface area contributed by atoms with Crippen molar-refractivity contribution in [3.63, 3.8) is 0 Å². The summed E-state index contributed by atoms with van der Waals surface area (Å²) in [6.07, 6.45) is 0. The maximum absolute atomic E-state index is 11.9. The van der Waals surface area contributed by atoms with Crippen molar-refractivity contribution < 1.29 is 21.8 Å². The molecule has 0 saturated heterocycles. The van der Waals surface area contributed by atoms with E-state index in [-0.39, 0.29) is 5.56 Å². The third-order valence-corrected chi connectivity index (χ3v) is 5.37. The largest absolute Gasteiger partial charge is 0.288 e. The van der Waals surface area contributed by atoms with Crippen LogP contribution in [0, 0.1) is 21.4 Å². The molecule has 0 atom stereocenters. The Hall–Kier alpha value is -1.70. The highest BCUT2D eigenvalue weighted by atomic mass is 35.7. The highest BCUT2D eigenvalue weighted by Crippen LogP contribution is 2.26. The number of hydrogen-bond donors (Lipinski definition) is 0. The number of rotatable bonds is 5. The summed E-state index contributed by atoms with van der Waals surface area (Å²) >= 11 is 0. The van der Waals surface area contributed by atoms with Crippen LogP contribution in [-0.2, 0) is 18.9 Å². The standard InChI is InChI=1S/C9H7ClN2O6S2/c10-20(17,18)4-3-19(15,16)9-5-7(6-11)1-2-8(9)12(13)14/h1-2,5H,3-4H2. The second kappa shape index (κ2) is 5.74. The van der Waals surface area contributed by atoms with Crippen LogP contribution in [0.4, 0.5) is 5.69 Å². The third kappa shape index (κ3) is 4.16. The Labute approximate surface area is 119 Å². The molecule has 0 unspecified atom stereocenters. The maximum Gasteiger partial charge on any atom is 0.288 e. The molecule has 0 heterocycles. The summed E-state index contributed by atoms with van der Waals surface area (Å²) in [4.78, 5) is 9.15. The van der Waals surface area contributed by atoms with Gasteiger partial charge in [0.25, 0.3) is 5.69 Å². The molecule has 11 heteroatoms. The third-order valence-electron chi connectivity index (χ3n) is 2.22. The molecular formula is C9H7ClN2O6S2. The van der Waals surface area contributed by atoms with Gasteiger partial charge in [0.2, 0.25) is 9.05 Å². The number of sulfone groups is 1. The van der Waals surface area contributed by atoms with Crippen LogP contribution >= 0.6 is 10.7 Å². The number of hydrogen-bond acceptors (Lipinski definition) is 7. The lowest BCUT2D eigenvalue weighted by molar-refractivity contribution is -0.387. The minimum atomic E-state index is -4.26.